The number of hydrogen-bond acceptors (Lipinski definition) is 1. The second kappa shape index (κ2) is 4.85. The van der Waals surface area contributed by atoms with Crippen molar-refractivity contribution in [1.82, 2.24) is 0 Å². The van der Waals surface area contributed by atoms with Crippen molar-refractivity contribution in [2.24, 2.45) is 0 Å². The van der Waals surface area contributed by atoms with Crippen molar-refractivity contribution >= 4 is 11.4 Å². The summed E-state index contributed by atoms with van der Waals surface area (Å²) >= 11 is 0. The first kappa shape index (κ1) is 11.9. The quantitative estimate of drug-likeness (QED) is 0.780. The Morgan fingerprint density at radius 3 is 2.32 bits per heavy atom. The van der Waals surface area contributed by atoms with Crippen molar-refractivity contribution in [3.05, 3.63) is 77.4 Å². The van der Waals surface area contributed by atoms with Gasteiger partial charge in [-0.25, -0.2) is 0 Å². The number of rotatable bonds is 2. The van der Waals surface area contributed by atoms with Crippen molar-refractivity contribution < 1.29 is 4.79 Å². The standard InChI is InChI=1S/C18H16O/c1-13-7-9-15(10-8-13)17-11-16(12-18(17)19)14-5-3-2-4-6-14/h2-11,16H,12H2,1H3. The molecule has 19 heavy (non-hydrogen) atoms. The molecule has 0 N–H and O–H groups in total. The first-order valence-corrected chi connectivity index (χ1v) is 6.61. The van der Waals surface area contributed by atoms with Gasteiger partial charge in [-0.2, -0.15) is 0 Å². The molecule has 0 aliphatic heterocycles. The molecule has 94 valence electrons. The fourth-order valence-corrected chi connectivity index (χ4v) is 2.57. The van der Waals surface area contributed by atoms with Crippen molar-refractivity contribution in [2.75, 3.05) is 0 Å². The highest BCUT2D eigenvalue weighted by Crippen LogP contribution is 2.34. The Balaban J connectivity index is 1.94. The maximum atomic E-state index is 12.2. The highest BCUT2D eigenvalue weighted by molar-refractivity contribution is 6.23. The van der Waals surface area contributed by atoms with Crippen molar-refractivity contribution in [2.45, 2.75) is 19.3 Å². The molecule has 1 nitrogen and oxygen atoms in total. The van der Waals surface area contributed by atoms with E-state index in [9.17, 15) is 4.79 Å². The van der Waals surface area contributed by atoms with Crippen LogP contribution in [0.3, 0.4) is 0 Å². The molecular weight excluding hydrogens is 232 g/mol. The Labute approximate surface area is 113 Å². The van der Waals surface area contributed by atoms with Gasteiger partial charge in [0, 0.05) is 17.9 Å². The summed E-state index contributed by atoms with van der Waals surface area (Å²) in [7, 11) is 0. The number of ketones is 1. The van der Waals surface area contributed by atoms with Gasteiger partial charge in [0.25, 0.3) is 0 Å². The van der Waals surface area contributed by atoms with E-state index in [-0.39, 0.29) is 11.7 Å². The van der Waals surface area contributed by atoms with Crippen LogP contribution >= 0.6 is 0 Å². The molecule has 0 fully saturated rings. The molecule has 2 aromatic rings. The molecule has 1 heteroatoms. The number of carbonyl (C=O) groups is 1. The smallest absolute Gasteiger partial charge is 0.164 e. The van der Waals surface area contributed by atoms with E-state index in [0.29, 0.717) is 6.42 Å². The number of allylic oxidation sites excluding steroid dienone is 2. The van der Waals surface area contributed by atoms with Crippen LogP contribution in [0.5, 0.6) is 0 Å². The van der Waals surface area contributed by atoms with Gasteiger partial charge in [-0.05, 0) is 18.1 Å². The van der Waals surface area contributed by atoms with E-state index in [4.69, 9.17) is 0 Å². The van der Waals surface area contributed by atoms with Gasteiger partial charge in [-0.1, -0.05) is 66.2 Å². The topological polar surface area (TPSA) is 17.1 Å². The van der Waals surface area contributed by atoms with Crippen LogP contribution in [0.2, 0.25) is 0 Å². The summed E-state index contributed by atoms with van der Waals surface area (Å²) in [5.74, 6) is 0.475. The van der Waals surface area contributed by atoms with Gasteiger partial charge in [0.1, 0.15) is 0 Å². The number of hydrogen-bond donors (Lipinski definition) is 0. The van der Waals surface area contributed by atoms with Crippen LogP contribution in [0.1, 0.15) is 29.0 Å². The molecule has 0 bridgehead atoms. The first-order chi connectivity index (χ1) is 9.24. The summed E-state index contributed by atoms with van der Waals surface area (Å²) in [6, 6.07) is 18.4. The highest BCUT2D eigenvalue weighted by atomic mass is 16.1. The second-order valence-electron chi connectivity index (χ2n) is 5.09. The van der Waals surface area contributed by atoms with E-state index in [1.807, 2.05) is 30.3 Å². The minimum Gasteiger partial charge on any atom is -0.294 e. The lowest BCUT2D eigenvalue weighted by Gasteiger charge is -2.05. The lowest BCUT2D eigenvalue weighted by atomic mass is 9.99. The van der Waals surface area contributed by atoms with Gasteiger partial charge >= 0.3 is 0 Å². The minimum absolute atomic E-state index is 0.227. The zero-order chi connectivity index (χ0) is 13.2. The molecule has 2 aromatic carbocycles. The van der Waals surface area contributed by atoms with E-state index in [0.717, 1.165) is 11.1 Å². The first-order valence-electron chi connectivity index (χ1n) is 6.61. The number of carbonyl (C=O) groups excluding carboxylic acids is 1. The van der Waals surface area contributed by atoms with Gasteiger partial charge in [0.2, 0.25) is 0 Å². The average Bonchev–Trinajstić information content (AvgIpc) is 2.83. The van der Waals surface area contributed by atoms with Crippen LogP contribution < -0.4 is 0 Å². The van der Waals surface area contributed by atoms with Gasteiger partial charge in [0.15, 0.2) is 5.78 Å². The van der Waals surface area contributed by atoms with Gasteiger partial charge in [-0.3, -0.25) is 4.79 Å². The average molecular weight is 248 g/mol. The van der Waals surface area contributed by atoms with E-state index in [1.165, 1.54) is 11.1 Å². The Hall–Kier alpha value is -2.15. The van der Waals surface area contributed by atoms with Crippen LogP contribution in [-0.2, 0) is 4.79 Å². The molecule has 0 aromatic heterocycles. The van der Waals surface area contributed by atoms with Crippen molar-refractivity contribution in [3.8, 4) is 0 Å². The lowest BCUT2D eigenvalue weighted by Crippen LogP contribution is -1.97. The summed E-state index contributed by atoms with van der Waals surface area (Å²) in [5.41, 5.74) is 4.34. The molecule has 1 atom stereocenters. The molecule has 0 saturated heterocycles. The Bertz CT molecular complexity index is 620. The molecule has 3 rings (SSSR count). The second-order valence-corrected chi connectivity index (χ2v) is 5.09. The third kappa shape index (κ3) is 2.37. The zero-order valence-corrected chi connectivity index (χ0v) is 11.0. The fraction of sp³-hybridized carbons (Fsp3) is 0.167. The van der Waals surface area contributed by atoms with Gasteiger partial charge < -0.3 is 0 Å². The van der Waals surface area contributed by atoms with E-state index >= 15 is 0 Å². The number of Topliss-reactive ketones (excluding diaryl/α,β-unsaturated/α-hetero) is 1. The lowest BCUT2D eigenvalue weighted by molar-refractivity contribution is -0.113. The maximum Gasteiger partial charge on any atom is 0.164 e. The molecule has 0 heterocycles. The summed E-state index contributed by atoms with van der Waals surface area (Å²) in [6.45, 7) is 2.06. The summed E-state index contributed by atoms with van der Waals surface area (Å²) < 4.78 is 0. The van der Waals surface area contributed by atoms with E-state index < -0.39 is 0 Å². The van der Waals surface area contributed by atoms with Crippen LogP contribution in [0.15, 0.2) is 60.7 Å². The third-order valence-corrected chi connectivity index (χ3v) is 3.66. The molecule has 0 spiro atoms. The van der Waals surface area contributed by atoms with Crippen LogP contribution in [-0.4, -0.2) is 5.78 Å². The monoisotopic (exact) mass is 248 g/mol. The third-order valence-electron chi connectivity index (χ3n) is 3.66. The largest absolute Gasteiger partial charge is 0.294 e. The minimum atomic E-state index is 0.227. The SMILES string of the molecule is Cc1ccc(C2=CC(c3ccccc3)CC2=O)cc1. The molecule has 1 aliphatic carbocycles. The van der Waals surface area contributed by atoms with Crippen molar-refractivity contribution in [1.29, 1.82) is 0 Å². The number of benzene rings is 2. The molecule has 1 unspecified atom stereocenters. The Kier molecular flexibility index (Phi) is 3.04. The maximum absolute atomic E-state index is 12.2. The predicted molar refractivity (Wildman–Crippen MR) is 78.0 cm³/mol. The zero-order valence-electron chi connectivity index (χ0n) is 11.0. The van der Waals surface area contributed by atoms with Gasteiger partial charge in [0.05, 0.1) is 0 Å². The van der Waals surface area contributed by atoms with Crippen LogP contribution in [0.25, 0.3) is 5.57 Å². The molecular formula is C18H16O. The van der Waals surface area contributed by atoms with Gasteiger partial charge in [-0.15, -0.1) is 0 Å². The Morgan fingerprint density at radius 1 is 0.947 bits per heavy atom. The number of aryl methyl sites for hydroxylation is 1. The van der Waals surface area contributed by atoms with Crippen molar-refractivity contribution in [3.63, 3.8) is 0 Å². The van der Waals surface area contributed by atoms with Crippen LogP contribution in [0, 0.1) is 6.92 Å². The summed E-state index contributed by atoms with van der Waals surface area (Å²) in [5, 5.41) is 0. The van der Waals surface area contributed by atoms with E-state index in [2.05, 4.69) is 37.3 Å². The summed E-state index contributed by atoms with van der Waals surface area (Å²) in [6.07, 6.45) is 2.70. The van der Waals surface area contributed by atoms with E-state index in [1.54, 1.807) is 0 Å². The summed E-state index contributed by atoms with van der Waals surface area (Å²) in [4.78, 5) is 12.2. The fourth-order valence-electron chi connectivity index (χ4n) is 2.57. The predicted octanol–water partition coefficient (Wildman–Crippen LogP) is 4.14. The van der Waals surface area contributed by atoms with Crippen LogP contribution in [0.4, 0.5) is 0 Å². The Morgan fingerprint density at radius 2 is 1.63 bits per heavy atom. The highest BCUT2D eigenvalue weighted by Gasteiger charge is 2.25. The normalized spacial score (nSPS) is 18.5. The molecule has 0 radical (unpaired) electrons. The molecule has 0 amide bonds. The molecule has 1 aliphatic rings. The molecule has 0 saturated carbocycles.